The van der Waals surface area contributed by atoms with Gasteiger partial charge in [0.05, 0.1) is 42.6 Å². The van der Waals surface area contributed by atoms with E-state index in [-0.39, 0.29) is 18.5 Å². The van der Waals surface area contributed by atoms with Crippen LogP contribution >= 0.6 is 0 Å². The van der Waals surface area contributed by atoms with E-state index in [1.807, 2.05) is 48.5 Å². The molecule has 0 amide bonds. The largest absolute Gasteiger partial charge is 0.496 e. The molecule has 34 heavy (non-hydrogen) atoms. The van der Waals surface area contributed by atoms with Crippen molar-refractivity contribution in [1.29, 1.82) is 5.26 Å². The van der Waals surface area contributed by atoms with E-state index in [9.17, 15) is 10.1 Å². The number of carbonyl (C=O) groups is 1. The smallest absolute Gasteiger partial charge is 0.307 e. The molecule has 174 valence electrons. The number of aliphatic carboxylic acids is 1. The zero-order chi connectivity index (χ0) is 23.9. The lowest BCUT2D eigenvalue weighted by Gasteiger charge is -2.35. The van der Waals surface area contributed by atoms with Crippen LogP contribution in [0.15, 0.2) is 66.7 Å². The first kappa shape index (κ1) is 23.1. The number of nitrogens with zero attached hydrogens (tertiary/aromatic N) is 1. The molecule has 0 aliphatic carbocycles. The first-order valence-corrected chi connectivity index (χ1v) is 11.3. The zero-order valence-corrected chi connectivity index (χ0v) is 19.0. The molecule has 7 heteroatoms. The summed E-state index contributed by atoms with van der Waals surface area (Å²) in [6.07, 6.45) is 0.692. The van der Waals surface area contributed by atoms with Crippen molar-refractivity contribution >= 4 is 17.3 Å². The number of nitriles is 1. The van der Waals surface area contributed by atoms with Crippen LogP contribution in [0.5, 0.6) is 5.75 Å². The van der Waals surface area contributed by atoms with Gasteiger partial charge >= 0.3 is 5.97 Å². The molecule has 2 atom stereocenters. The van der Waals surface area contributed by atoms with E-state index in [4.69, 9.17) is 9.84 Å². The molecule has 0 spiro atoms. The molecule has 3 aromatic carbocycles. The van der Waals surface area contributed by atoms with Gasteiger partial charge < -0.3 is 25.8 Å². The van der Waals surface area contributed by atoms with Crippen LogP contribution in [0, 0.1) is 11.3 Å². The minimum atomic E-state index is -0.864. The Labute approximate surface area is 199 Å². The van der Waals surface area contributed by atoms with E-state index in [0.717, 1.165) is 28.9 Å². The highest BCUT2D eigenvalue weighted by atomic mass is 16.5. The standard InChI is InChI=1S/C27H28N4O3/c1-34-24-14-18(15-25(32)33)10-11-19(24)12-13-29-26(20-6-3-2-4-7-20)23-17-30-22-9-5-8-21(16-28)27(22)31-23/h2-11,14,23,26,29-31H,12-13,15,17H2,1H3,(H,32,33)/t23-,26-/m1/s1. The lowest BCUT2D eigenvalue weighted by molar-refractivity contribution is -0.136. The SMILES string of the molecule is COc1cc(CC(=O)O)ccc1CCN[C@H](c1ccccc1)[C@H]1CNc2cccc(C#N)c2N1. The normalized spacial score (nSPS) is 15.2. The van der Waals surface area contributed by atoms with Gasteiger partial charge in [-0.2, -0.15) is 5.26 Å². The lowest BCUT2D eigenvalue weighted by Crippen LogP contribution is -2.44. The van der Waals surface area contributed by atoms with Gasteiger partial charge in [-0.15, -0.1) is 0 Å². The molecule has 4 N–H and O–H groups in total. The van der Waals surface area contributed by atoms with Crippen LogP contribution in [-0.2, 0) is 17.6 Å². The Kier molecular flexibility index (Phi) is 7.31. The van der Waals surface area contributed by atoms with Gasteiger partial charge in [0.25, 0.3) is 0 Å². The summed E-state index contributed by atoms with van der Waals surface area (Å²) >= 11 is 0. The number of carboxylic acid groups (broad SMARTS) is 1. The van der Waals surface area contributed by atoms with Gasteiger partial charge in [0.1, 0.15) is 11.8 Å². The summed E-state index contributed by atoms with van der Waals surface area (Å²) in [5, 5.41) is 29.3. The van der Waals surface area contributed by atoms with Crippen LogP contribution in [0.2, 0.25) is 0 Å². The molecule has 0 saturated heterocycles. The number of anilines is 2. The van der Waals surface area contributed by atoms with Crippen molar-refractivity contribution in [3.05, 3.63) is 89.0 Å². The van der Waals surface area contributed by atoms with Crippen molar-refractivity contribution in [1.82, 2.24) is 5.32 Å². The van der Waals surface area contributed by atoms with Crippen LogP contribution in [0.1, 0.15) is 28.3 Å². The van der Waals surface area contributed by atoms with Crippen molar-refractivity contribution in [2.75, 3.05) is 30.8 Å². The van der Waals surface area contributed by atoms with Crippen LogP contribution in [0.4, 0.5) is 11.4 Å². The molecule has 3 aromatic rings. The number of fused-ring (bicyclic) bond motifs is 1. The topological polar surface area (TPSA) is 106 Å². The Hall–Kier alpha value is -4.02. The van der Waals surface area contributed by atoms with Gasteiger partial charge in [-0.05, 0) is 47.9 Å². The highest BCUT2D eigenvalue weighted by molar-refractivity contribution is 5.77. The fraction of sp³-hybridized carbons (Fsp3) is 0.259. The first-order valence-electron chi connectivity index (χ1n) is 11.3. The molecule has 4 rings (SSSR count). The van der Waals surface area contributed by atoms with Crippen LogP contribution in [-0.4, -0.2) is 37.3 Å². The molecule has 1 aliphatic heterocycles. The fourth-order valence-electron chi connectivity index (χ4n) is 4.40. The number of methoxy groups -OCH3 is 1. The first-order chi connectivity index (χ1) is 16.6. The van der Waals surface area contributed by atoms with Crippen LogP contribution in [0.25, 0.3) is 0 Å². The second-order valence-electron chi connectivity index (χ2n) is 8.28. The number of ether oxygens (including phenoxy) is 1. The van der Waals surface area contributed by atoms with Crippen molar-refractivity contribution in [3.63, 3.8) is 0 Å². The average molecular weight is 457 g/mol. The molecule has 0 saturated carbocycles. The molecule has 0 fully saturated rings. The number of carboxylic acids is 1. The summed E-state index contributed by atoms with van der Waals surface area (Å²) < 4.78 is 5.52. The van der Waals surface area contributed by atoms with Gasteiger partial charge in [0.15, 0.2) is 0 Å². The molecule has 0 radical (unpaired) electrons. The van der Waals surface area contributed by atoms with Crippen molar-refractivity contribution < 1.29 is 14.6 Å². The van der Waals surface area contributed by atoms with Gasteiger partial charge in [-0.25, -0.2) is 0 Å². The molecular formula is C27H28N4O3. The van der Waals surface area contributed by atoms with Gasteiger partial charge in [-0.1, -0.05) is 48.5 Å². The third kappa shape index (κ3) is 5.30. The minimum absolute atomic E-state index is 0.00544. The van der Waals surface area contributed by atoms with Crippen molar-refractivity contribution in [2.24, 2.45) is 0 Å². The third-order valence-corrected chi connectivity index (χ3v) is 6.05. The number of hydrogen-bond acceptors (Lipinski definition) is 6. The number of rotatable bonds is 9. The van der Waals surface area contributed by atoms with E-state index in [2.05, 4.69) is 34.2 Å². The second-order valence-corrected chi connectivity index (χ2v) is 8.28. The van der Waals surface area contributed by atoms with Crippen LogP contribution < -0.4 is 20.7 Å². The van der Waals surface area contributed by atoms with E-state index in [1.54, 1.807) is 13.2 Å². The Balaban J connectivity index is 1.50. The molecule has 0 bridgehead atoms. The van der Waals surface area contributed by atoms with Crippen molar-refractivity contribution in [2.45, 2.75) is 24.9 Å². The summed E-state index contributed by atoms with van der Waals surface area (Å²) in [6.45, 7) is 1.40. The Morgan fingerprint density at radius 2 is 2.03 bits per heavy atom. The monoisotopic (exact) mass is 456 g/mol. The highest BCUT2D eigenvalue weighted by Gasteiger charge is 2.28. The van der Waals surface area contributed by atoms with Crippen molar-refractivity contribution in [3.8, 4) is 11.8 Å². The summed E-state index contributed by atoms with van der Waals surface area (Å²) in [5.41, 5.74) is 5.28. The van der Waals surface area contributed by atoms with Gasteiger partial charge in [-0.3, -0.25) is 4.79 Å². The lowest BCUT2D eigenvalue weighted by atomic mass is 9.95. The summed E-state index contributed by atoms with van der Waals surface area (Å²) in [6, 6.07) is 23.8. The number of para-hydroxylation sites is 1. The maximum absolute atomic E-state index is 11.0. The van der Waals surface area contributed by atoms with Gasteiger partial charge in [0, 0.05) is 6.54 Å². The molecule has 0 unspecified atom stereocenters. The maximum atomic E-state index is 11.0. The second kappa shape index (κ2) is 10.7. The van der Waals surface area contributed by atoms with E-state index < -0.39 is 5.97 Å². The van der Waals surface area contributed by atoms with E-state index in [1.165, 1.54) is 0 Å². The zero-order valence-electron chi connectivity index (χ0n) is 19.0. The molecule has 1 aliphatic rings. The summed E-state index contributed by atoms with van der Waals surface area (Å²) in [5.74, 6) is -0.168. The highest BCUT2D eigenvalue weighted by Crippen LogP contribution is 2.33. The predicted molar refractivity (Wildman–Crippen MR) is 132 cm³/mol. The Morgan fingerprint density at radius 3 is 2.76 bits per heavy atom. The summed E-state index contributed by atoms with van der Waals surface area (Å²) in [7, 11) is 1.60. The predicted octanol–water partition coefficient (Wildman–Crippen LogP) is 3.97. The minimum Gasteiger partial charge on any atom is -0.496 e. The Morgan fingerprint density at radius 1 is 1.21 bits per heavy atom. The number of hydrogen-bond donors (Lipinski definition) is 4. The average Bonchev–Trinajstić information content (AvgIpc) is 2.86. The van der Waals surface area contributed by atoms with Gasteiger partial charge in [0.2, 0.25) is 0 Å². The quantitative estimate of drug-likeness (QED) is 0.386. The Bertz CT molecular complexity index is 1190. The molecule has 7 nitrogen and oxygen atoms in total. The third-order valence-electron chi connectivity index (χ3n) is 6.05. The molecule has 0 aromatic heterocycles. The fourth-order valence-corrected chi connectivity index (χ4v) is 4.40. The van der Waals surface area contributed by atoms with E-state index in [0.29, 0.717) is 30.0 Å². The van der Waals surface area contributed by atoms with E-state index >= 15 is 0 Å². The number of benzene rings is 3. The molecule has 1 heterocycles. The number of nitrogens with one attached hydrogen (secondary N) is 3. The maximum Gasteiger partial charge on any atom is 0.307 e. The molecular weight excluding hydrogens is 428 g/mol. The summed E-state index contributed by atoms with van der Waals surface area (Å²) in [4.78, 5) is 11.0. The van der Waals surface area contributed by atoms with Crippen LogP contribution in [0.3, 0.4) is 0 Å².